The molecule has 5 nitrogen and oxygen atoms in total. The van der Waals surface area contributed by atoms with Gasteiger partial charge in [-0.15, -0.1) is 0 Å². The smallest absolute Gasteiger partial charge is 0.307 e. The second kappa shape index (κ2) is 6.72. The third-order valence-corrected chi connectivity index (χ3v) is 4.08. The van der Waals surface area contributed by atoms with Gasteiger partial charge < -0.3 is 10.0 Å². The number of carboxylic acids is 1. The van der Waals surface area contributed by atoms with Crippen molar-refractivity contribution in [2.75, 3.05) is 26.7 Å². The van der Waals surface area contributed by atoms with Crippen molar-refractivity contribution >= 4 is 11.9 Å². The molecule has 0 aromatic heterocycles. The Morgan fingerprint density at radius 3 is 2.71 bits per heavy atom. The number of benzene rings is 1. The molecule has 21 heavy (non-hydrogen) atoms. The van der Waals surface area contributed by atoms with Gasteiger partial charge in [-0.1, -0.05) is 24.3 Å². The molecule has 0 bridgehead atoms. The molecule has 1 fully saturated rings. The average Bonchev–Trinajstić information content (AvgIpc) is 2.90. The summed E-state index contributed by atoms with van der Waals surface area (Å²) in [5.74, 6) is -1.07. The van der Waals surface area contributed by atoms with Crippen molar-refractivity contribution in [2.45, 2.75) is 19.9 Å². The van der Waals surface area contributed by atoms with Crippen molar-refractivity contribution in [2.24, 2.45) is 5.92 Å². The van der Waals surface area contributed by atoms with E-state index in [4.69, 9.17) is 5.11 Å². The van der Waals surface area contributed by atoms with Crippen LogP contribution in [0, 0.1) is 12.8 Å². The van der Waals surface area contributed by atoms with Gasteiger partial charge in [-0.2, -0.15) is 0 Å². The van der Waals surface area contributed by atoms with Gasteiger partial charge in [-0.25, -0.2) is 0 Å². The zero-order chi connectivity index (χ0) is 15.4. The van der Waals surface area contributed by atoms with Gasteiger partial charge in [0.2, 0.25) is 5.91 Å². The van der Waals surface area contributed by atoms with Crippen LogP contribution in [0.3, 0.4) is 0 Å². The molecule has 1 N–H and O–H groups in total. The largest absolute Gasteiger partial charge is 0.481 e. The number of likely N-dealkylation sites (N-methyl/N-ethyl adjacent to an activating group) is 1. The average molecular weight is 290 g/mol. The van der Waals surface area contributed by atoms with Crippen LogP contribution < -0.4 is 0 Å². The third kappa shape index (κ3) is 4.04. The number of hydrogen-bond donors (Lipinski definition) is 1. The molecule has 1 aliphatic heterocycles. The van der Waals surface area contributed by atoms with E-state index in [1.165, 1.54) is 5.56 Å². The second-order valence-corrected chi connectivity index (χ2v) is 5.74. The van der Waals surface area contributed by atoms with E-state index in [2.05, 4.69) is 0 Å². The quantitative estimate of drug-likeness (QED) is 0.889. The first-order valence-electron chi connectivity index (χ1n) is 7.21. The normalized spacial score (nSPS) is 18.7. The topological polar surface area (TPSA) is 60.9 Å². The molecule has 1 aromatic rings. The Hall–Kier alpha value is -1.88. The number of aryl methyl sites for hydroxylation is 1. The molecule has 2 rings (SSSR count). The SMILES string of the molecule is Cc1ccccc1CN(C)C(=O)CN1CC[C@H](C(=O)O)C1. The Kier molecular flexibility index (Phi) is 4.96. The highest BCUT2D eigenvalue weighted by molar-refractivity contribution is 5.78. The minimum Gasteiger partial charge on any atom is -0.481 e. The Bertz CT molecular complexity index is 530. The van der Waals surface area contributed by atoms with E-state index in [-0.39, 0.29) is 11.8 Å². The minimum atomic E-state index is -0.766. The van der Waals surface area contributed by atoms with Crippen LogP contribution in [0.5, 0.6) is 0 Å². The number of hydrogen-bond acceptors (Lipinski definition) is 3. The standard InChI is InChI=1S/C16H22N2O3/c1-12-5-3-4-6-13(12)9-17(2)15(19)11-18-8-7-14(10-18)16(20)21/h3-6,14H,7-11H2,1-2H3,(H,20,21)/t14-/m0/s1. The summed E-state index contributed by atoms with van der Waals surface area (Å²) in [5, 5.41) is 8.98. The maximum absolute atomic E-state index is 12.2. The van der Waals surface area contributed by atoms with Crippen LogP contribution in [0.25, 0.3) is 0 Å². The van der Waals surface area contributed by atoms with Gasteiger partial charge in [0.05, 0.1) is 12.5 Å². The van der Waals surface area contributed by atoms with Crippen LogP contribution in [-0.2, 0) is 16.1 Å². The van der Waals surface area contributed by atoms with Gasteiger partial charge >= 0.3 is 5.97 Å². The maximum atomic E-state index is 12.2. The Morgan fingerprint density at radius 1 is 1.38 bits per heavy atom. The highest BCUT2D eigenvalue weighted by Gasteiger charge is 2.29. The van der Waals surface area contributed by atoms with E-state index in [0.29, 0.717) is 32.6 Å². The molecule has 1 atom stereocenters. The molecular weight excluding hydrogens is 268 g/mol. The number of aliphatic carboxylic acids is 1. The van der Waals surface area contributed by atoms with Crippen LogP contribution in [-0.4, -0.2) is 53.5 Å². The van der Waals surface area contributed by atoms with Crippen molar-refractivity contribution in [1.29, 1.82) is 0 Å². The first-order valence-corrected chi connectivity index (χ1v) is 7.21. The van der Waals surface area contributed by atoms with Crippen LogP contribution in [0.1, 0.15) is 17.5 Å². The molecular formula is C16H22N2O3. The van der Waals surface area contributed by atoms with Crippen LogP contribution >= 0.6 is 0 Å². The van der Waals surface area contributed by atoms with Crippen LogP contribution in [0.4, 0.5) is 0 Å². The summed E-state index contributed by atoms with van der Waals surface area (Å²) in [7, 11) is 1.79. The number of carbonyl (C=O) groups is 2. The Labute approximate surface area is 125 Å². The summed E-state index contributed by atoms with van der Waals surface area (Å²) in [6.45, 7) is 4.07. The molecule has 5 heteroatoms. The molecule has 0 saturated carbocycles. The number of carbonyl (C=O) groups excluding carboxylic acids is 1. The fraction of sp³-hybridized carbons (Fsp3) is 0.500. The molecule has 1 heterocycles. The first kappa shape index (κ1) is 15.5. The molecule has 1 aliphatic rings. The fourth-order valence-electron chi connectivity index (χ4n) is 2.62. The van der Waals surface area contributed by atoms with E-state index < -0.39 is 5.97 Å². The predicted molar refractivity (Wildman–Crippen MR) is 79.8 cm³/mol. The second-order valence-electron chi connectivity index (χ2n) is 5.74. The molecule has 1 saturated heterocycles. The van der Waals surface area contributed by atoms with Gasteiger partial charge in [-0.05, 0) is 31.0 Å². The molecule has 1 amide bonds. The van der Waals surface area contributed by atoms with E-state index >= 15 is 0 Å². The van der Waals surface area contributed by atoms with Crippen molar-refractivity contribution in [3.05, 3.63) is 35.4 Å². The fourth-order valence-corrected chi connectivity index (χ4v) is 2.62. The molecule has 0 radical (unpaired) electrons. The molecule has 114 valence electrons. The van der Waals surface area contributed by atoms with Gasteiger partial charge in [0.15, 0.2) is 0 Å². The lowest BCUT2D eigenvalue weighted by molar-refractivity contribution is -0.141. The molecule has 1 aromatic carbocycles. The molecule has 0 unspecified atom stereocenters. The van der Waals surface area contributed by atoms with E-state index in [0.717, 1.165) is 5.56 Å². The Balaban J connectivity index is 1.86. The van der Waals surface area contributed by atoms with Gasteiger partial charge in [0.25, 0.3) is 0 Å². The zero-order valence-corrected chi connectivity index (χ0v) is 12.6. The summed E-state index contributed by atoms with van der Waals surface area (Å²) in [6.07, 6.45) is 0.629. The summed E-state index contributed by atoms with van der Waals surface area (Å²) < 4.78 is 0. The van der Waals surface area contributed by atoms with Crippen molar-refractivity contribution in [3.63, 3.8) is 0 Å². The van der Waals surface area contributed by atoms with Crippen molar-refractivity contribution < 1.29 is 14.7 Å². The van der Waals surface area contributed by atoms with E-state index in [1.54, 1.807) is 11.9 Å². The van der Waals surface area contributed by atoms with Crippen molar-refractivity contribution in [1.82, 2.24) is 9.80 Å². The maximum Gasteiger partial charge on any atom is 0.307 e. The number of rotatable bonds is 5. The highest BCUT2D eigenvalue weighted by Crippen LogP contribution is 2.16. The lowest BCUT2D eigenvalue weighted by Crippen LogP contribution is -2.37. The van der Waals surface area contributed by atoms with Gasteiger partial charge in [0.1, 0.15) is 0 Å². The van der Waals surface area contributed by atoms with Gasteiger partial charge in [-0.3, -0.25) is 14.5 Å². The van der Waals surface area contributed by atoms with E-state index in [1.807, 2.05) is 36.1 Å². The lowest BCUT2D eigenvalue weighted by atomic mass is 10.1. The van der Waals surface area contributed by atoms with Crippen molar-refractivity contribution in [3.8, 4) is 0 Å². The summed E-state index contributed by atoms with van der Waals surface area (Å²) in [6, 6.07) is 8.01. The summed E-state index contributed by atoms with van der Waals surface area (Å²) >= 11 is 0. The number of carboxylic acid groups (broad SMARTS) is 1. The monoisotopic (exact) mass is 290 g/mol. The molecule has 0 aliphatic carbocycles. The Morgan fingerprint density at radius 2 is 2.10 bits per heavy atom. The highest BCUT2D eigenvalue weighted by atomic mass is 16.4. The van der Waals surface area contributed by atoms with E-state index in [9.17, 15) is 9.59 Å². The summed E-state index contributed by atoms with van der Waals surface area (Å²) in [4.78, 5) is 26.8. The van der Waals surface area contributed by atoms with Crippen LogP contribution in [0.15, 0.2) is 24.3 Å². The minimum absolute atomic E-state index is 0.0318. The lowest BCUT2D eigenvalue weighted by Gasteiger charge is -2.22. The number of amides is 1. The zero-order valence-electron chi connectivity index (χ0n) is 12.6. The molecule has 0 spiro atoms. The van der Waals surface area contributed by atoms with Crippen LogP contribution in [0.2, 0.25) is 0 Å². The first-order chi connectivity index (χ1) is 9.97. The third-order valence-electron chi connectivity index (χ3n) is 4.08. The number of likely N-dealkylation sites (tertiary alicyclic amines) is 1. The predicted octanol–water partition coefficient (Wildman–Crippen LogP) is 1.36. The van der Waals surface area contributed by atoms with Gasteiger partial charge in [0, 0.05) is 20.1 Å². The summed E-state index contributed by atoms with van der Waals surface area (Å²) in [5.41, 5.74) is 2.31. The number of nitrogens with zero attached hydrogens (tertiary/aromatic N) is 2.